The summed E-state index contributed by atoms with van der Waals surface area (Å²) in [5.41, 5.74) is 1.30. The number of halogens is 1. The van der Waals surface area contributed by atoms with Crippen molar-refractivity contribution >= 4 is 52.0 Å². The van der Waals surface area contributed by atoms with Gasteiger partial charge in [-0.1, -0.05) is 17.7 Å². The van der Waals surface area contributed by atoms with Crippen LogP contribution in [0.3, 0.4) is 0 Å². The van der Waals surface area contributed by atoms with E-state index in [4.69, 9.17) is 16.3 Å². The predicted octanol–water partition coefficient (Wildman–Crippen LogP) is 3.08. The molecule has 2 N–H and O–H groups in total. The van der Waals surface area contributed by atoms with Crippen LogP contribution < -0.4 is 15.5 Å². The summed E-state index contributed by atoms with van der Waals surface area (Å²) in [7, 11) is 0. The standard InChI is InChI=1S/C20H20ClN3O4S/c1-2-3-15(23-20(27)16-8-9-17(21)29-16)19(26)22-13-4-6-14(7-5-13)24-10-11-28-12-18(24)25/h2,4-9,15H,1,3,10-12H2,(H,22,26)(H,23,27). The zero-order chi connectivity index (χ0) is 20.8. The van der Waals surface area contributed by atoms with Crippen molar-refractivity contribution in [2.45, 2.75) is 12.5 Å². The quantitative estimate of drug-likeness (QED) is 0.657. The maximum absolute atomic E-state index is 12.6. The van der Waals surface area contributed by atoms with Crippen LogP contribution in [0.1, 0.15) is 16.1 Å². The minimum absolute atomic E-state index is 0.0663. The van der Waals surface area contributed by atoms with Gasteiger partial charge in [-0.3, -0.25) is 14.4 Å². The Balaban J connectivity index is 1.63. The lowest BCUT2D eigenvalue weighted by Crippen LogP contribution is -2.43. The fourth-order valence-electron chi connectivity index (χ4n) is 2.81. The van der Waals surface area contributed by atoms with Gasteiger partial charge in [0.15, 0.2) is 0 Å². The summed E-state index contributed by atoms with van der Waals surface area (Å²) in [6.45, 7) is 4.69. The molecule has 0 radical (unpaired) electrons. The van der Waals surface area contributed by atoms with Crippen LogP contribution in [0.25, 0.3) is 0 Å². The highest BCUT2D eigenvalue weighted by atomic mass is 35.5. The van der Waals surface area contributed by atoms with Crippen molar-refractivity contribution in [2.75, 3.05) is 30.0 Å². The third-order valence-electron chi connectivity index (χ3n) is 4.25. The zero-order valence-corrected chi connectivity index (χ0v) is 17.1. The maximum Gasteiger partial charge on any atom is 0.262 e. The van der Waals surface area contributed by atoms with Gasteiger partial charge >= 0.3 is 0 Å². The van der Waals surface area contributed by atoms with Crippen molar-refractivity contribution in [3.8, 4) is 0 Å². The molecule has 9 heteroatoms. The van der Waals surface area contributed by atoms with Gasteiger partial charge in [-0.25, -0.2) is 0 Å². The molecule has 1 unspecified atom stereocenters. The van der Waals surface area contributed by atoms with Gasteiger partial charge in [0.1, 0.15) is 12.6 Å². The predicted molar refractivity (Wildman–Crippen MR) is 114 cm³/mol. The molecule has 29 heavy (non-hydrogen) atoms. The normalized spacial score (nSPS) is 14.9. The number of nitrogens with one attached hydrogen (secondary N) is 2. The zero-order valence-electron chi connectivity index (χ0n) is 15.5. The first-order valence-electron chi connectivity index (χ1n) is 8.94. The molecule has 0 aliphatic carbocycles. The third-order valence-corrected chi connectivity index (χ3v) is 5.48. The molecule has 1 aliphatic rings. The summed E-state index contributed by atoms with van der Waals surface area (Å²) in [6, 6.07) is 9.40. The molecule has 1 aliphatic heterocycles. The second-order valence-corrected chi connectivity index (χ2v) is 8.00. The monoisotopic (exact) mass is 433 g/mol. The molecule has 2 aromatic rings. The van der Waals surface area contributed by atoms with Crippen molar-refractivity contribution < 1.29 is 19.1 Å². The van der Waals surface area contributed by atoms with Crippen molar-refractivity contribution in [1.82, 2.24) is 5.32 Å². The second kappa shape index (κ2) is 9.69. The minimum atomic E-state index is -0.777. The first-order chi connectivity index (χ1) is 14.0. The van der Waals surface area contributed by atoms with Gasteiger partial charge in [-0.15, -0.1) is 17.9 Å². The number of morpholine rings is 1. The van der Waals surface area contributed by atoms with Crippen LogP contribution in [0, 0.1) is 0 Å². The van der Waals surface area contributed by atoms with E-state index in [0.29, 0.717) is 28.1 Å². The van der Waals surface area contributed by atoms with Gasteiger partial charge in [0, 0.05) is 17.9 Å². The molecule has 1 saturated heterocycles. The molecule has 3 rings (SSSR count). The Morgan fingerprint density at radius 2 is 2.03 bits per heavy atom. The highest BCUT2D eigenvalue weighted by Gasteiger charge is 2.22. The number of ether oxygens (including phenoxy) is 1. The van der Waals surface area contributed by atoms with E-state index in [9.17, 15) is 14.4 Å². The Labute approximate surface area is 177 Å². The fourth-order valence-corrected chi connectivity index (χ4v) is 3.76. The molecule has 0 saturated carbocycles. The number of benzene rings is 1. The van der Waals surface area contributed by atoms with E-state index in [1.165, 1.54) is 0 Å². The van der Waals surface area contributed by atoms with E-state index in [0.717, 1.165) is 17.0 Å². The van der Waals surface area contributed by atoms with E-state index in [-0.39, 0.29) is 30.7 Å². The fraction of sp³-hybridized carbons (Fsp3) is 0.250. The van der Waals surface area contributed by atoms with Crippen LogP contribution in [0.5, 0.6) is 0 Å². The van der Waals surface area contributed by atoms with E-state index in [1.54, 1.807) is 47.4 Å². The van der Waals surface area contributed by atoms with Gasteiger partial charge in [-0.2, -0.15) is 0 Å². The minimum Gasteiger partial charge on any atom is -0.370 e. The molecule has 3 amide bonds. The molecule has 2 heterocycles. The number of carbonyl (C=O) groups is 3. The summed E-state index contributed by atoms with van der Waals surface area (Å²) in [5, 5.41) is 5.48. The Morgan fingerprint density at radius 1 is 1.28 bits per heavy atom. The Kier molecular flexibility index (Phi) is 7.03. The summed E-state index contributed by atoms with van der Waals surface area (Å²) >= 11 is 7.00. The lowest BCUT2D eigenvalue weighted by molar-refractivity contribution is -0.125. The second-order valence-electron chi connectivity index (χ2n) is 6.29. The summed E-state index contributed by atoms with van der Waals surface area (Å²) < 4.78 is 5.63. The number of carbonyl (C=O) groups excluding carboxylic acids is 3. The third kappa shape index (κ3) is 5.44. The average molecular weight is 434 g/mol. The molecule has 1 atom stereocenters. The van der Waals surface area contributed by atoms with Crippen molar-refractivity contribution in [3.05, 3.63) is 58.3 Å². The maximum atomic E-state index is 12.6. The lowest BCUT2D eigenvalue weighted by Gasteiger charge is -2.27. The van der Waals surface area contributed by atoms with E-state index in [1.807, 2.05) is 0 Å². The van der Waals surface area contributed by atoms with E-state index < -0.39 is 6.04 Å². The van der Waals surface area contributed by atoms with Crippen LogP contribution in [-0.2, 0) is 14.3 Å². The Morgan fingerprint density at radius 3 is 2.66 bits per heavy atom. The highest BCUT2D eigenvalue weighted by molar-refractivity contribution is 7.18. The molecule has 1 fully saturated rings. The van der Waals surface area contributed by atoms with Gasteiger partial charge in [0.2, 0.25) is 5.91 Å². The van der Waals surface area contributed by atoms with Crippen LogP contribution in [0.4, 0.5) is 11.4 Å². The summed E-state index contributed by atoms with van der Waals surface area (Å²) in [5.74, 6) is -0.836. The van der Waals surface area contributed by atoms with Gasteiger partial charge in [-0.05, 0) is 42.8 Å². The Bertz CT molecular complexity index is 913. The van der Waals surface area contributed by atoms with Crippen LogP contribution in [-0.4, -0.2) is 43.5 Å². The van der Waals surface area contributed by atoms with E-state index >= 15 is 0 Å². The number of nitrogens with zero attached hydrogens (tertiary/aromatic N) is 1. The van der Waals surface area contributed by atoms with Crippen LogP contribution in [0.15, 0.2) is 49.1 Å². The summed E-state index contributed by atoms with van der Waals surface area (Å²) in [4.78, 5) is 38.9. The van der Waals surface area contributed by atoms with Crippen LogP contribution >= 0.6 is 22.9 Å². The lowest BCUT2D eigenvalue weighted by atomic mass is 10.1. The van der Waals surface area contributed by atoms with Crippen molar-refractivity contribution in [1.29, 1.82) is 0 Å². The molecule has 7 nitrogen and oxygen atoms in total. The topological polar surface area (TPSA) is 87.7 Å². The number of anilines is 2. The average Bonchev–Trinajstić information content (AvgIpc) is 3.15. The number of rotatable bonds is 7. The smallest absolute Gasteiger partial charge is 0.262 e. The molecular formula is C20H20ClN3O4S. The van der Waals surface area contributed by atoms with Gasteiger partial charge in [0.25, 0.3) is 11.8 Å². The number of amides is 3. The molecule has 152 valence electrons. The van der Waals surface area contributed by atoms with Gasteiger partial charge < -0.3 is 20.3 Å². The first-order valence-corrected chi connectivity index (χ1v) is 10.1. The number of thiophene rings is 1. The van der Waals surface area contributed by atoms with Crippen molar-refractivity contribution in [2.24, 2.45) is 0 Å². The summed E-state index contributed by atoms with van der Waals surface area (Å²) in [6.07, 6.45) is 1.84. The molecule has 1 aromatic heterocycles. The first kappa shape index (κ1) is 21.0. The molecule has 0 spiro atoms. The van der Waals surface area contributed by atoms with E-state index in [2.05, 4.69) is 17.2 Å². The molecular weight excluding hydrogens is 414 g/mol. The molecule has 1 aromatic carbocycles. The SMILES string of the molecule is C=CCC(NC(=O)c1ccc(Cl)s1)C(=O)Nc1ccc(N2CCOCC2=O)cc1. The largest absolute Gasteiger partial charge is 0.370 e. The highest BCUT2D eigenvalue weighted by Crippen LogP contribution is 2.22. The number of hydrogen-bond acceptors (Lipinski definition) is 5. The van der Waals surface area contributed by atoms with Crippen molar-refractivity contribution in [3.63, 3.8) is 0 Å². The number of hydrogen-bond donors (Lipinski definition) is 2. The van der Waals surface area contributed by atoms with Crippen LogP contribution in [0.2, 0.25) is 4.34 Å². The van der Waals surface area contributed by atoms with Gasteiger partial charge in [0.05, 0.1) is 15.8 Å². The molecule has 0 bridgehead atoms. The Hall–Kier alpha value is -2.68.